The number of H-pyrrole nitrogens is 1. The summed E-state index contributed by atoms with van der Waals surface area (Å²) in [5.41, 5.74) is 5.97. The molecule has 0 aliphatic carbocycles. The molecule has 0 saturated carbocycles. The Balaban J connectivity index is 1.67. The number of carboxylic acid groups (broad SMARTS) is 1. The van der Waals surface area contributed by atoms with Gasteiger partial charge in [0.15, 0.2) is 5.43 Å². The third-order valence-electron chi connectivity index (χ3n) is 6.46. The maximum absolute atomic E-state index is 13.5. The van der Waals surface area contributed by atoms with Crippen LogP contribution in [0.3, 0.4) is 0 Å². The molecule has 0 radical (unpaired) electrons. The van der Waals surface area contributed by atoms with Gasteiger partial charge in [0.05, 0.1) is 17.0 Å². The fourth-order valence-corrected chi connectivity index (χ4v) is 4.89. The molecule has 0 bridgehead atoms. The SMILES string of the molecule is Cc1cc(C(C)Nc2ccc(Cl)cc2C(=O)O)c2oc(-c3ccc4[nH]c(C)cc4c3)c(C)c(=O)c2c1. The summed E-state index contributed by atoms with van der Waals surface area (Å²) >= 11 is 6.02. The fraction of sp³-hybridized carbons (Fsp3) is 0.172. The summed E-state index contributed by atoms with van der Waals surface area (Å²) < 4.78 is 6.47. The number of carboxylic acids is 1. The molecule has 0 spiro atoms. The molecule has 3 aromatic carbocycles. The lowest BCUT2D eigenvalue weighted by atomic mass is 9.98. The van der Waals surface area contributed by atoms with E-state index in [0.29, 0.717) is 33.0 Å². The monoisotopic (exact) mass is 500 g/mol. The molecule has 0 saturated heterocycles. The van der Waals surface area contributed by atoms with Gasteiger partial charge in [0.1, 0.15) is 11.3 Å². The number of halogens is 1. The Morgan fingerprint density at radius 3 is 2.58 bits per heavy atom. The van der Waals surface area contributed by atoms with Crippen molar-refractivity contribution in [1.29, 1.82) is 0 Å². The van der Waals surface area contributed by atoms with E-state index in [1.165, 1.54) is 6.07 Å². The van der Waals surface area contributed by atoms with Gasteiger partial charge in [-0.2, -0.15) is 0 Å². The minimum Gasteiger partial charge on any atom is -0.478 e. The van der Waals surface area contributed by atoms with Crippen molar-refractivity contribution in [2.75, 3.05) is 5.32 Å². The molecule has 0 aliphatic heterocycles. The summed E-state index contributed by atoms with van der Waals surface area (Å²) in [5.74, 6) is -0.565. The lowest BCUT2D eigenvalue weighted by Gasteiger charge is -2.20. The number of aryl methyl sites for hydroxylation is 2. The molecule has 36 heavy (non-hydrogen) atoms. The van der Waals surface area contributed by atoms with Crippen molar-refractivity contribution in [3.63, 3.8) is 0 Å². The van der Waals surface area contributed by atoms with Crippen LogP contribution in [0.4, 0.5) is 5.69 Å². The number of benzene rings is 3. The maximum Gasteiger partial charge on any atom is 0.337 e. The van der Waals surface area contributed by atoms with Gasteiger partial charge in [-0.3, -0.25) is 4.79 Å². The van der Waals surface area contributed by atoms with Gasteiger partial charge in [0.2, 0.25) is 0 Å². The molecular formula is C29H25ClN2O4. The van der Waals surface area contributed by atoms with Crippen LogP contribution in [0.15, 0.2) is 63.8 Å². The Morgan fingerprint density at radius 2 is 1.83 bits per heavy atom. The normalized spacial score (nSPS) is 12.2. The standard InChI is InChI=1S/C29H25ClN2O4/c1-14-9-21(17(4)32-25-8-6-20(30)13-22(25)29(34)35)28-23(10-14)26(33)16(3)27(36-28)18-5-7-24-19(12-18)11-15(2)31-24/h5-13,17,31-32H,1-4H3,(H,34,35). The molecule has 5 rings (SSSR count). The third kappa shape index (κ3) is 4.14. The number of aromatic nitrogens is 1. The molecular weight excluding hydrogens is 476 g/mol. The van der Waals surface area contributed by atoms with Crippen LogP contribution in [-0.2, 0) is 0 Å². The van der Waals surface area contributed by atoms with Crippen LogP contribution < -0.4 is 10.7 Å². The molecule has 3 N–H and O–H groups in total. The number of rotatable bonds is 5. The summed E-state index contributed by atoms with van der Waals surface area (Å²) in [6.45, 7) is 7.61. The van der Waals surface area contributed by atoms with Gasteiger partial charge in [0, 0.05) is 44.0 Å². The molecule has 7 heteroatoms. The van der Waals surface area contributed by atoms with Crippen molar-refractivity contribution in [2.24, 2.45) is 0 Å². The quantitative estimate of drug-likeness (QED) is 0.234. The van der Waals surface area contributed by atoms with Crippen LogP contribution >= 0.6 is 11.6 Å². The lowest BCUT2D eigenvalue weighted by Crippen LogP contribution is -2.14. The fourth-order valence-electron chi connectivity index (χ4n) is 4.71. The van der Waals surface area contributed by atoms with Crippen LogP contribution in [0.25, 0.3) is 33.2 Å². The summed E-state index contributed by atoms with van der Waals surface area (Å²) in [6, 6.07) is 16.1. The van der Waals surface area contributed by atoms with E-state index in [0.717, 1.165) is 33.3 Å². The average Bonchev–Trinajstić information content (AvgIpc) is 3.21. The zero-order chi connectivity index (χ0) is 25.7. The van der Waals surface area contributed by atoms with Crippen molar-refractivity contribution in [3.05, 3.63) is 97.8 Å². The Labute approximate surface area is 212 Å². The van der Waals surface area contributed by atoms with Crippen molar-refractivity contribution in [1.82, 2.24) is 4.98 Å². The highest BCUT2D eigenvalue weighted by molar-refractivity contribution is 6.31. The maximum atomic E-state index is 13.5. The predicted molar refractivity (Wildman–Crippen MR) is 144 cm³/mol. The van der Waals surface area contributed by atoms with Crippen molar-refractivity contribution >= 4 is 45.1 Å². The Bertz CT molecular complexity index is 1730. The van der Waals surface area contributed by atoms with Crippen molar-refractivity contribution in [3.8, 4) is 11.3 Å². The smallest absolute Gasteiger partial charge is 0.337 e. The van der Waals surface area contributed by atoms with E-state index in [-0.39, 0.29) is 17.0 Å². The first kappa shape index (κ1) is 23.7. The van der Waals surface area contributed by atoms with Crippen LogP contribution in [0.5, 0.6) is 0 Å². The second-order valence-electron chi connectivity index (χ2n) is 9.23. The van der Waals surface area contributed by atoms with Crippen LogP contribution in [0, 0.1) is 20.8 Å². The largest absolute Gasteiger partial charge is 0.478 e. The summed E-state index contributed by atoms with van der Waals surface area (Å²) in [6.07, 6.45) is 0. The van der Waals surface area contributed by atoms with E-state index >= 15 is 0 Å². The molecule has 5 aromatic rings. The molecule has 182 valence electrons. The van der Waals surface area contributed by atoms with Crippen LogP contribution in [-0.4, -0.2) is 16.1 Å². The van der Waals surface area contributed by atoms with Gasteiger partial charge in [-0.15, -0.1) is 0 Å². The van der Waals surface area contributed by atoms with Crippen LogP contribution in [0.1, 0.15) is 45.7 Å². The molecule has 2 heterocycles. The minimum atomic E-state index is -1.08. The van der Waals surface area contributed by atoms with Gasteiger partial charge in [-0.25, -0.2) is 4.79 Å². The number of carbonyl (C=O) groups is 1. The number of aromatic carboxylic acids is 1. The highest BCUT2D eigenvalue weighted by Gasteiger charge is 2.21. The van der Waals surface area contributed by atoms with Gasteiger partial charge in [0.25, 0.3) is 0 Å². The van der Waals surface area contributed by atoms with E-state index < -0.39 is 5.97 Å². The Morgan fingerprint density at radius 1 is 1.06 bits per heavy atom. The number of fused-ring (bicyclic) bond motifs is 2. The lowest BCUT2D eigenvalue weighted by molar-refractivity contribution is 0.0698. The molecule has 0 amide bonds. The highest BCUT2D eigenvalue weighted by Crippen LogP contribution is 2.34. The van der Waals surface area contributed by atoms with E-state index in [1.807, 2.05) is 51.1 Å². The summed E-state index contributed by atoms with van der Waals surface area (Å²) in [7, 11) is 0. The first-order valence-electron chi connectivity index (χ1n) is 11.6. The predicted octanol–water partition coefficient (Wildman–Crippen LogP) is 7.39. The van der Waals surface area contributed by atoms with Crippen molar-refractivity contribution in [2.45, 2.75) is 33.7 Å². The van der Waals surface area contributed by atoms with Gasteiger partial charge in [-0.05, 0) is 81.8 Å². The highest BCUT2D eigenvalue weighted by atomic mass is 35.5. The zero-order valence-electron chi connectivity index (χ0n) is 20.3. The van der Waals surface area contributed by atoms with Crippen molar-refractivity contribution < 1.29 is 14.3 Å². The number of anilines is 1. The Hall–Kier alpha value is -4.03. The molecule has 1 unspecified atom stereocenters. The number of aromatic amines is 1. The second kappa shape index (κ2) is 8.88. The first-order chi connectivity index (χ1) is 17.1. The van der Waals surface area contributed by atoms with E-state index in [4.69, 9.17) is 16.0 Å². The topological polar surface area (TPSA) is 95.3 Å². The number of hydrogen-bond donors (Lipinski definition) is 3. The van der Waals surface area contributed by atoms with E-state index in [2.05, 4.69) is 16.4 Å². The van der Waals surface area contributed by atoms with Crippen LogP contribution in [0.2, 0.25) is 5.02 Å². The van der Waals surface area contributed by atoms with E-state index in [9.17, 15) is 14.7 Å². The molecule has 0 fully saturated rings. The second-order valence-corrected chi connectivity index (χ2v) is 9.67. The molecule has 6 nitrogen and oxygen atoms in total. The Kier molecular flexibility index (Phi) is 5.85. The number of nitrogens with one attached hydrogen (secondary N) is 2. The third-order valence-corrected chi connectivity index (χ3v) is 6.70. The van der Waals surface area contributed by atoms with Gasteiger partial charge < -0.3 is 19.8 Å². The zero-order valence-corrected chi connectivity index (χ0v) is 21.1. The molecule has 0 aliphatic rings. The first-order valence-corrected chi connectivity index (χ1v) is 12.0. The van der Waals surface area contributed by atoms with Gasteiger partial charge in [-0.1, -0.05) is 17.7 Å². The summed E-state index contributed by atoms with van der Waals surface area (Å²) in [4.78, 5) is 28.6. The minimum absolute atomic E-state index is 0.0689. The van der Waals surface area contributed by atoms with Gasteiger partial charge >= 0.3 is 5.97 Å². The van der Waals surface area contributed by atoms with E-state index in [1.54, 1.807) is 19.1 Å². The number of hydrogen-bond acceptors (Lipinski definition) is 4. The summed E-state index contributed by atoms with van der Waals surface area (Å²) in [5, 5.41) is 14.8. The molecule has 2 aromatic heterocycles. The molecule has 1 atom stereocenters. The average molecular weight is 501 g/mol.